The molecule has 0 fully saturated rings. The number of nitrogens with one attached hydrogen (secondary N) is 1. The van der Waals surface area contributed by atoms with Crippen molar-refractivity contribution in [3.8, 4) is 0 Å². The van der Waals surface area contributed by atoms with Gasteiger partial charge in [-0.15, -0.1) is 0 Å². The minimum atomic E-state index is -0.342. The van der Waals surface area contributed by atoms with Gasteiger partial charge in [-0.2, -0.15) is 0 Å². The second-order valence-corrected chi connectivity index (χ2v) is 5.26. The molecular weight excluding hydrogens is 309 g/mol. The molecule has 0 aliphatic rings. The molecule has 0 unspecified atom stereocenters. The molecule has 0 atom stereocenters. The van der Waals surface area contributed by atoms with Gasteiger partial charge in [0.15, 0.2) is 0 Å². The summed E-state index contributed by atoms with van der Waals surface area (Å²) in [5.74, 6) is -0.545. The predicted molar refractivity (Wildman–Crippen MR) is 78.0 cm³/mol. The van der Waals surface area contributed by atoms with Crippen LogP contribution in [-0.4, -0.2) is 5.91 Å². The van der Waals surface area contributed by atoms with Gasteiger partial charge in [-0.3, -0.25) is 4.79 Å². The van der Waals surface area contributed by atoms with Crippen LogP contribution in [0.3, 0.4) is 0 Å². The smallest absolute Gasteiger partial charge is 0.255 e. The Balaban J connectivity index is 2.27. The van der Waals surface area contributed by atoms with Gasteiger partial charge in [-0.1, -0.05) is 17.7 Å². The summed E-state index contributed by atoms with van der Waals surface area (Å²) in [5, 5.41) is 2.79. The summed E-state index contributed by atoms with van der Waals surface area (Å²) in [6.07, 6.45) is 0. The molecular formula is C15H13BrFNO. The van der Waals surface area contributed by atoms with E-state index in [1.807, 2.05) is 25.1 Å². The summed E-state index contributed by atoms with van der Waals surface area (Å²) in [6, 6.07) is 10.3. The van der Waals surface area contributed by atoms with Crippen LogP contribution in [-0.2, 0) is 0 Å². The van der Waals surface area contributed by atoms with E-state index in [9.17, 15) is 9.18 Å². The Kier molecular flexibility index (Phi) is 4.00. The maximum Gasteiger partial charge on any atom is 0.255 e. The molecule has 0 aromatic heterocycles. The molecule has 4 heteroatoms. The molecule has 1 amide bonds. The number of anilines is 1. The topological polar surface area (TPSA) is 29.1 Å². The van der Waals surface area contributed by atoms with Crippen LogP contribution in [0.2, 0.25) is 0 Å². The van der Waals surface area contributed by atoms with E-state index in [2.05, 4.69) is 21.2 Å². The monoisotopic (exact) mass is 321 g/mol. The third kappa shape index (κ3) is 3.20. The lowest BCUT2D eigenvalue weighted by Crippen LogP contribution is -2.13. The van der Waals surface area contributed by atoms with E-state index in [1.54, 1.807) is 19.1 Å². The number of carbonyl (C=O) groups is 1. The normalized spacial score (nSPS) is 10.3. The maximum atomic E-state index is 13.3. The Morgan fingerprint density at radius 1 is 1.21 bits per heavy atom. The van der Waals surface area contributed by atoms with Gasteiger partial charge in [0.2, 0.25) is 0 Å². The SMILES string of the molecule is Cc1cccc(C(=O)Nc2cc(Br)c(F)cc2C)c1. The van der Waals surface area contributed by atoms with Gasteiger partial charge in [0.25, 0.3) is 5.91 Å². The second-order valence-electron chi connectivity index (χ2n) is 4.40. The number of hydrogen-bond donors (Lipinski definition) is 1. The minimum absolute atomic E-state index is 0.203. The van der Waals surface area contributed by atoms with Gasteiger partial charge in [0, 0.05) is 11.3 Å². The van der Waals surface area contributed by atoms with Crippen molar-refractivity contribution in [1.82, 2.24) is 0 Å². The molecule has 98 valence electrons. The molecule has 2 aromatic carbocycles. The first kappa shape index (κ1) is 13.7. The molecule has 1 N–H and O–H groups in total. The van der Waals surface area contributed by atoms with Crippen LogP contribution in [0.4, 0.5) is 10.1 Å². The van der Waals surface area contributed by atoms with Crippen LogP contribution in [0, 0.1) is 19.7 Å². The number of halogens is 2. The van der Waals surface area contributed by atoms with Crippen molar-refractivity contribution in [3.63, 3.8) is 0 Å². The summed E-state index contributed by atoms with van der Waals surface area (Å²) in [5.41, 5.74) is 2.88. The molecule has 19 heavy (non-hydrogen) atoms. The zero-order valence-corrected chi connectivity index (χ0v) is 12.2. The molecule has 0 bridgehead atoms. The minimum Gasteiger partial charge on any atom is -0.322 e. The first-order valence-electron chi connectivity index (χ1n) is 5.81. The summed E-state index contributed by atoms with van der Waals surface area (Å²) < 4.78 is 13.6. The molecule has 0 saturated heterocycles. The van der Waals surface area contributed by atoms with Gasteiger partial charge in [0.1, 0.15) is 5.82 Å². The second kappa shape index (κ2) is 5.53. The molecule has 0 aliphatic carbocycles. The largest absolute Gasteiger partial charge is 0.322 e. The van der Waals surface area contributed by atoms with Crippen molar-refractivity contribution in [1.29, 1.82) is 0 Å². The first-order chi connectivity index (χ1) is 8.97. The Morgan fingerprint density at radius 3 is 2.63 bits per heavy atom. The van der Waals surface area contributed by atoms with Gasteiger partial charge in [0.05, 0.1) is 4.47 Å². The zero-order valence-electron chi connectivity index (χ0n) is 10.6. The molecule has 2 aromatic rings. The van der Waals surface area contributed by atoms with Crippen molar-refractivity contribution in [2.75, 3.05) is 5.32 Å². The summed E-state index contributed by atoms with van der Waals surface area (Å²) in [6.45, 7) is 3.68. The van der Waals surface area contributed by atoms with E-state index >= 15 is 0 Å². The Labute approximate surface area is 119 Å². The highest BCUT2D eigenvalue weighted by Crippen LogP contribution is 2.24. The van der Waals surface area contributed by atoms with Crippen LogP contribution in [0.1, 0.15) is 21.5 Å². The Bertz CT molecular complexity index is 640. The number of rotatable bonds is 2. The molecule has 0 spiro atoms. The number of aryl methyl sites for hydroxylation is 2. The Hall–Kier alpha value is -1.68. The molecule has 0 aliphatic heterocycles. The molecule has 0 radical (unpaired) electrons. The van der Waals surface area contributed by atoms with Crippen molar-refractivity contribution in [2.45, 2.75) is 13.8 Å². The molecule has 0 heterocycles. The van der Waals surface area contributed by atoms with Crippen molar-refractivity contribution in [2.24, 2.45) is 0 Å². The van der Waals surface area contributed by atoms with Gasteiger partial charge in [-0.05, 0) is 59.6 Å². The van der Waals surface area contributed by atoms with E-state index in [-0.39, 0.29) is 11.7 Å². The van der Waals surface area contributed by atoms with E-state index in [4.69, 9.17) is 0 Å². The van der Waals surface area contributed by atoms with E-state index in [0.717, 1.165) is 5.56 Å². The van der Waals surface area contributed by atoms with Crippen LogP contribution in [0.5, 0.6) is 0 Å². The van der Waals surface area contributed by atoms with Crippen molar-refractivity contribution in [3.05, 3.63) is 63.4 Å². The molecule has 2 rings (SSSR count). The number of hydrogen-bond acceptors (Lipinski definition) is 1. The third-order valence-corrected chi connectivity index (χ3v) is 3.40. The average molecular weight is 322 g/mol. The zero-order chi connectivity index (χ0) is 14.0. The number of amides is 1. The van der Waals surface area contributed by atoms with Gasteiger partial charge >= 0.3 is 0 Å². The van der Waals surface area contributed by atoms with Crippen molar-refractivity contribution < 1.29 is 9.18 Å². The van der Waals surface area contributed by atoms with E-state index in [1.165, 1.54) is 6.07 Å². The summed E-state index contributed by atoms with van der Waals surface area (Å²) in [4.78, 5) is 12.1. The summed E-state index contributed by atoms with van der Waals surface area (Å²) in [7, 11) is 0. The highest BCUT2D eigenvalue weighted by molar-refractivity contribution is 9.10. The highest BCUT2D eigenvalue weighted by Gasteiger charge is 2.10. The third-order valence-electron chi connectivity index (χ3n) is 2.80. The first-order valence-corrected chi connectivity index (χ1v) is 6.60. The molecule has 2 nitrogen and oxygen atoms in total. The lowest BCUT2D eigenvalue weighted by molar-refractivity contribution is 0.102. The van der Waals surface area contributed by atoms with Crippen LogP contribution >= 0.6 is 15.9 Å². The number of carbonyl (C=O) groups excluding carboxylic acids is 1. The fourth-order valence-corrected chi connectivity index (χ4v) is 2.11. The lowest BCUT2D eigenvalue weighted by atomic mass is 10.1. The fraction of sp³-hybridized carbons (Fsp3) is 0.133. The van der Waals surface area contributed by atoms with Crippen LogP contribution in [0.15, 0.2) is 40.9 Å². The van der Waals surface area contributed by atoms with Crippen molar-refractivity contribution >= 4 is 27.5 Å². The summed E-state index contributed by atoms with van der Waals surface area (Å²) >= 11 is 3.11. The average Bonchev–Trinajstić information content (AvgIpc) is 2.36. The standard InChI is InChI=1S/C15H13BrFNO/c1-9-4-3-5-11(6-9)15(19)18-14-8-12(16)13(17)7-10(14)2/h3-8H,1-2H3,(H,18,19). The van der Waals surface area contributed by atoms with Crippen LogP contribution < -0.4 is 5.32 Å². The van der Waals surface area contributed by atoms with Crippen LogP contribution in [0.25, 0.3) is 0 Å². The van der Waals surface area contributed by atoms with Gasteiger partial charge in [-0.25, -0.2) is 4.39 Å². The quantitative estimate of drug-likeness (QED) is 0.869. The van der Waals surface area contributed by atoms with Gasteiger partial charge < -0.3 is 5.32 Å². The Morgan fingerprint density at radius 2 is 1.95 bits per heavy atom. The lowest BCUT2D eigenvalue weighted by Gasteiger charge is -2.10. The highest BCUT2D eigenvalue weighted by atomic mass is 79.9. The molecule has 0 saturated carbocycles. The number of benzene rings is 2. The predicted octanol–water partition coefficient (Wildman–Crippen LogP) is 4.46. The maximum absolute atomic E-state index is 13.3. The van der Waals surface area contributed by atoms with E-state index < -0.39 is 0 Å². The fourth-order valence-electron chi connectivity index (χ4n) is 1.76. The van der Waals surface area contributed by atoms with E-state index in [0.29, 0.717) is 21.3 Å².